The Morgan fingerprint density at radius 1 is 1.29 bits per heavy atom. The van der Waals surface area contributed by atoms with Crippen LogP contribution in [-0.4, -0.2) is 19.6 Å². The molecule has 0 bridgehead atoms. The molecule has 2 N–H and O–H groups in total. The Bertz CT molecular complexity index is 504. The van der Waals surface area contributed by atoms with Gasteiger partial charge < -0.3 is 5.11 Å². The lowest BCUT2D eigenvalue weighted by molar-refractivity contribution is 0.470. The Balaban J connectivity index is 2.21. The van der Waals surface area contributed by atoms with Crippen LogP contribution in [0.1, 0.15) is 31.2 Å². The van der Waals surface area contributed by atoms with Crippen LogP contribution in [0.25, 0.3) is 0 Å². The normalized spacial score (nSPS) is 17.5. The summed E-state index contributed by atoms with van der Waals surface area (Å²) >= 11 is 0. The molecule has 2 rings (SSSR count). The maximum atomic E-state index is 12.1. The average molecular weight is 255 g/mol. The topological polar surface area (TPSA) is 66.4 Å². The predicted octanol–water partition coefficient (Wildman–Crippen LogP) is 1.92. The van der Waals surface area contributed by atoms with E-state index >= 15 is 0 Å². The van der Waals surface area contributed by atoms with Gasteiger partial charge in [0.05, 0.1) is 4.90 Å². The van der Waals surface area contributed by atoms with Gasteiger partial charge in [0.2, 0.25) is 10.0 Å². The fourth-order valence-corrected chi connectivity index (χ4v) is 3.52. The summed E-state index contributed by atoms with van der Waals surface area (Å²) in [5, 5.41) is 9.38. The number of aromatic hydroxyl groups is 1. The number of hydrogen-bond donors (Lipinski definition) is 2. The quantitative estimate of drug-likeness (QED) is 0.867. The van der Waals surface area contributed by atoms with Crippen molar-refractivity contribution in [2.75, 3.05) is 0 Å². The maximum Gasteiger partial charge on any atom is 0.240 e. The van der Waals surface area contributed by atoms with Crippen molar-refractivity contribution < 1.29 is 13.5 Å². The molecule has 1 saturated carbocycles. The molecule has 0 radical (unpaired) electrons. The highest BCUT2D eigenvalue weighted by molar-refractivity contribution is 7.89. The van der Waals surface area contributed by atoms with Crippen molar-refractivity contribution >= 4 is 10.0 Å². The molecule has 0 amide bonds. The molecule has 0 spiro atoms. The van der Waals surface area contributed by atoms with Crippen LogP contribution in [0.3, 0.4) is 0 Å². The van der Waals surface area contributed by atoms with Crippen LogP contribution in [0.4, 0.5) is 0 Å². The Hall–Kier alpha value is -1.07. The van der Waals surface area contributed by atoms with Gasteiger partial charge in [0.1, 0.15) is 5.75 Å². The fraction of sp³-hybridized carbons (Fsp3) is 0.500. The second kappa shape index (κ2) is 4.66. The second-order valence-electron chi connectivity index (χ2n) is 4.55. The van der Waals surface area contributed by atoms with Crippen LogP contribution >= 0.6 is 0 Å². The molecule has 0 saturated heterocycles. The molecule has 1 aromatic rings. The first-order chi connectivity index (χ1) is 7.99. The second-order valence-corrected chi connectivity index (χ2v) is 6.26. The molecule has 17 heavy (non-hydrogen) atoms. The Morgan fingerprint density at radius 3 is 2.53 bits per heavy atom. The molecule has 1 fully saturated rings. The lowest BCUT2D eigenvalue weighted by Gasteiger charge is -2.13. The van der Waals surface area contributed by atoms with E-state index in [9.17, 15) is 13.5 Å². The Labute approximate surface area is 102 Å². The van der Waals surface area contributed by atoms with Gasteiger partial charge in [-0.3, -0.25) is 0 Å². The zero-order chi connectivity index (χ0) is 12.5. The summed E-state index contributed by atoms with van der Waals surface area (Å²) < 4.78 is 26.8. The number of phenolic OH excluding ortho intramolecular Hbond substituents is 1. The number of rotatable bonds is 3. The minimum absolute atomic E-state index is 0.0640. The fourth-order valence-electron chi connectivity index (χ4n) is 2.13. The molecule has 0 unspecified atom stereocenters. The third kappa shape index (κ3) is 2.79. The van der Waals surface area contributed by atoms with E-state index in [1.807, 2.05) is 0 Å². The van der Waals surface area contributed by atoms with Gasteiger partial charge in [0.15, 0.2) is 0 Å². The van der Waals surface area contributed by atoms with Crippen LogP contribution < -0.4 is 4.72 Å². The Morgan fingerprint density at radius 2 is 1.94 bits per heavy atom. The summed E-state index contributed by atoms with van der Waals surface area (Å²) in [5.74, 6) is 0.116. The number of phenols is 1. The Kier molecular flexibility index (Phi) is 3.40. The minimum atomic E-state index is -3.44. The van der Waals surface area contributed by atoms with Crippen molar-refractivity contribution in [3.05, 3.63) is 23.8 Å². The third-order valence-electron chi connectivity index (χ3n) is 3.16. The molecule has 0 aliphatic heterocycles. The van der Waals surface area contributed by atoms with Crippen LogP contribution in [0.5, 0.6) is 5.75 Å². The van der Waals surface area contributed by atoms with Gasteiger partial charge in [0.25, 0.3) is 0 Å². The first kappa shape index (κ1) is 12.4. The standard InChI is InChI=1S/C12H17NO3S/c1-9-8-11(6-7-12(9)14)17(15,16)13-10-4-2-3-5-10/h6-8,10,13-14H,2-5H2,1H3. The van der Waals surface area contributed by atoms with Crippen LogP contribution in [0.2, 0.25) is 0 Å². The van der Waals surface area contributed by atoms with Gasteiger partial charge in [-0.2, -0.15) is 0 Å². The van der Waals surface area contributed by atoms with Gasteiger partial charge in [-0.25, -0.2) is 13.1 Å². The SMILES string of the molecule is Cc1cc(S(=O)(=O)NC2CCCC2)ccc1O. The van der Waals surface area contributed by atoms with Gasteiger partial charge in [0, 0.05) is 6.04 Å². The van der Waals surface area contributed by atoms with Crippen molar-refractivity contribution in [3.8, 4) is 5.75 Å². The van der Waals surface area contributed by atoms with E-state index in [0.29, 0.717) is 5.56 Å². The van der Waals surface area contributed by atoms with Gasteiger partial charge in [-0.05, 0) is 43.5 Å². The van der Waals surface area contributed by atoms with Crippen LogP contribution in [-0.2, 0) is 10.0 Å². The zero-order valence-corrected chi connectivity index (χ0v) is 10.6. The van der Waals surface area contributed by atoms with Gasteiger partial charge in [-0.1, -0.05) is 12.8 Å². The average Bonchev–Trinajstić information content (AvgIpc) is 2.73. The molecular weight excluding hydrogens is 238 g/mol. The molecule has 4 nitrogen and oxygen atoms in total. The van der Waals surface area contributed by atoms with Gasteiger partial charge >= 0.3 is 0 Å². The molecular formula is C12H17NO3S. The number of aryl methyl sites for hydroxylation is 1. The highest BCUT2D eigenvalue weighted by Gasteiger charge is 2.23. The summed E-state index contributed by atoms with van der Waals surface area (Å²) in [4.78, 5) is 0.222. The van der Waals surface area contributed by atoms with E-state index in [4.69, 9.17) is 0 Å². The van der Waals surface area contributed by atoms with Crippen molar-refractivity contribution in [3.63, 3.8) is 0 Å². The third-order valence-corrected chi connectivity index (χ3v) is 4.67. The van der Waals surface area contributed by atoms with E-state index < -0.39 is 10.0 Å². The van der Waals surface area contributed by atoms with Crippen molar-refractivity contribution in [1.82, 2.24) is 4.72 Å². The number of benzene rings is 1. The number of hydrogen-bond acceptors (Lipinski definition) is 3. The van der Waals surface area contributed by atoms with E-state index in [-0.39, 0.29) is 16.7 Å². The molecule has 0 atom stereocenters. The lowest BCUT2D eigenvalue weighted by Crippen LogP contribution is -2.32. The monoisotopic (exact) mass is 255 g/mol. The van der Waals surface area contributed by atoms with E-state index in [1.54, 1.807) is 6.92 Å². The summed E-state index contributed by atoms with van der Waals surface area (Å²) in [6.07, 6.45) is 4.00. The largest absolute Gasteiger partial charge is 0.508 e. The van der Waals surface area contributed by atoms with Crippen molar-refractivity contribution in [2.24, 2.45) is 0 Å². The van der Waals surface area contributed by atoms with Crippen molar-refractivity contribution in [1.29, 1.82) is 0 Å². The minimum Gasteiger partial charge on any atom is -0.508 e. The summed E-state index contributed by atoms with van der Waals surface area (Å²) in [6, 6.07) is 4.40. The summed E-state index contributed by atoms with van der Waals surface area (Å²) in [6.45, 7) is 1.68. The maximum absolute atomic E-state index is 12.1. The van der Waals surface area contributed by atoms with E-state index in [0.717, 1.165) is 25.7 Å². The number of sulfonamides is 1. The van der Waals surface area contributed by atoms with Crippen LogP contribution in [0.15, 0.2) is 23.1 Å². The highest BCUT2D eigenvalue weighted by Crippen LogP contribution is 2.23. The molecule has 1 aromatic carbocycles. The van der Waals surface area contributed by atoms with Gasteiger partial charge in [-0.15, -0.1) is 0 Å². The lowest BCUT2D eigenvalue weighted by atomic mass is 10.2. The molecule has 1 aliphatic rings. The smallest absolute Gasteiger partial charge is 0.240 e. The van der Waals surface area contributed by atoms with E-state index in [2.05, 4.69) is 4.72 Å². The molecule has 94 valence electrons. The molecule has 5 heteroatoms. The summed E-state index contributed by atoms with van der Waals surface area (Å²) in [5.41, 5.74) is 0.569. The number of nitrogens with one attached hydrogen (secondary N) is 1. The first-order valence-electron chi connectivity index (χ1n) is 5.81. The zero-order valence-electron chi connectivity index (χ0n) is 9.81. The first-order valence-corrected chi connectivity index (χ1v) is 7.29. The molecule has 0 heterocycles. The van der Waals surface area contributed by atoms with E-state index in [1.165, 1.54) is 18.2 Å². The molecule has 0 aromatic heterocycles. The predicted molar refractivity (Wildman–Crippen MR) is 65.4 cm³/mol. The molecule has 1 aliphatic carbocycles. The summed E-state index contributed by atoms with van der Waals surface area (Å²) in [7, 11) is -3.44. The highest BCUT2D eigenvalue weighted by atomic mass is 32.2. The van der Waals surface area contributed by atoms with Crippen molar-refractivity contribution in [2.45, 2.75) is 43.5 Å². The van der Waals surface area contributed by atoms with Crippen LogP contribution in [0, 0.1) is 6.92 Å².